The molecule has 5 nitrogen and oxygen atoms in total. The van der Waals surface area contributed by atoms with Crippen molar-refractivity contribution in [2.24, 2.45) is 0 Å². The fourth-order valence-electron chi connectivity index (χ4n) is 2.96. The van der Waals surface area contributed by atoms with Crippen LogP contribution in [0.15, 0.2) is 60.1 Å². The van der Waals surface area contributed by atoms with Crippen molar-refractivity contribution in [1.82, 2.24) is 9.38 Å². The number of rotatable bonds is 5. The van der Waals surface area contributed by atoms with Crippen LogP contribution in [-0.4, -0.2) is 22.4 Å². The van der Waals surface area contributed by atoms with E-state index in [1.807, 2.05) is 71.4 Å². The molecule has 3 heterocycles. The number of anilines is 1. The minimum Gasteiger partial charge on any atom is -0.497 e. The van der Waals surface area contributed by atoms with Gasteiger partial charge < -0.3 is 10.1 Å². The zero-order valence-electron chi connectivity index (χ0n) is 15.1. The topological polar surface area (TPSA) is 55.6 Å². The molecule has 0 aliphatic carbocycles. The molecule has 0 aliphatic rings. The third-order valence-corrected chi connectivity index (χ3v) is 5.19. The van der Waals surface area contributed by atoms with Crippen LogP contribution in [0.5, 0.6) is 5.75 Å². The second-order valence-electron chi connectivity index (χ2n) is 6.29. The first kappa shape index (κ1) is 17.3. The third kappa shape index (κ3) is 3.57. The second kappa shape index (κ2) is 7.25. The highest BCUT2D eigenvalue weighted by atomic mass is 32.1. The molecule has 4 rings (SSSR count). The zero-order chi connectivity index (χ0) is 18.8. The van der Waals surface area contributed by atoms with Gasteiger partial charge in [-0.15, -0.1) is 11.3 Å². The van der Waals surface area contributed by atoms with Gasteiger partial charge in [0, 0.05) is 6.20 Å². The largest absolute Gasteiger partial charge is 0.497 e. The monoisotopic (exact) mass is 377 g/mol. The summed E-state index contributed by atoms with van der Waals surface area (Å²) in [5.74, 6) is 1.39. The maximum absolute atomic E-state index is 12.7. The van der Waals surface area contributed by atoms with E-state index < -0.39 is 0 Å². The average molecular weight is 377 g/mol. The zero-order valence-corrected chi connectivity index (χ0v) is 15.9. The van der Waals surface area contributed by atoms with E-state index in [9.17, 15) is 4.79 Å². The van der Waals surface area contributed by atoms with Crippen molar-refractivity contribution in [3.8, 4) is 16.3 Å². The van der Waals surface area contributed by atoms with Gasteiger partial charge in [-0.2, -0.15) is 0 Å². The van der Waals surface area contributed by atoms with E-state index in [-0.39, 0.29) is 12.3 Å². The quantitative estimate of drug-likeness (QED) is 0.555. The summed E-state index contributed by atoms with van der Waals surface area (Å²) < 4.78 is 7.09. The number of thiophene rings is 1. The number of aryl methyl sites for hydroxylation is 1. The van der Waals surface area contributed by atoms with Crippen molar-refractivity contribution in [2.45, 2.75) is 13.3 Å². The molecule has 0 spiro atoms. The Morgan fingerprint density at radius 3 is 2.74 bits per heavy atom. The van der Waals surface area contributed by atoms with Crippen molar-refractivity contribution in [3.05, 3.63) is 71.2 Å². The summed E-state index contributed by atoms with van der Waals surface area (Å²) in [6, 6.07) is 15.5. The number of hydrogen-bond donors (Lipinski definition) is 1. The number of aromatic nitrogens is 2. The van der Waals surface area contributed by atoms with Gasteiger partial charge in [0.1, 0.15) is 22.9 Å². The number of imidazole rings is 1. The maximum Gasteiger partial charge on any atom is 0.229 e. The molecule has 27 heavy (non-hydrogen) atoms. The number of methoxy groups -OCH3 is 1. The summed E-state index contributed by atoms with van der Waals surface area (Å²) in [7, 11) is 1.63. The molecule has 1 amide bonds. The van der Waals surface area contributed by atoms with E-state index in [2.05, 4.69) is 5.32 Å². The molecule has 0 aliphatic heterocycles. The summed E-state index contributed by atoms with van der Waals surface area (Å²) in [4.78, 5) is 18.5. The van der Waals surface area contributed by atoms with Crippen LogP contribution in [-0.2, 0) is 11.2 Å². The van der Waals surface area contributed by atoms with Gasteiger partial charge in [0.25, 0.3) is 0 Å². The lowest BCUT2D eigenvalue weighted by molar-refractivity contribution is -0.115. The third-order valence-electron chi connectivity index (χ3n) is 4.32. The number of pyridine rings is 1. The van der Waals surface area contributed by atoms with Crippen molar-refractivity contribution >= 4 is 28.7 Å². The Balaban J connectivity index is 1.65. The molecular formula is C21H19N3O2S. The number of carbonyl (C=O) groups excluding carboxylic acids is 1. The van der Waals surface area contributed by atoms with E-state index in [1.165, 1.54) is 0 Å². The summed E-state index contributed by atoms with van der Waals surface area (Å²) in [5, 5.41) is 5.06. The number of carbonyl (C=O) groups is 1. The molecule has 0 bridgehead atoms. The Morgan fingerprint density at radius 1 is 1.22 bits per heavy atom. The standard InChI is InChI=1S/C21H19N3O2S/c1-14-9-10-24-18(12-14)22-20(17-4-3-11-27-17)21(24)23-19(25)13-15-5-7-16(26-2)8-6-15/h3-12H,13H2,1-2H3,(H,23,25). The van der Waals surface area contributed by atoms with Gasteiger partial charge in [-0.1, -0.05) is 18.2 Å². The van der Waals surface area contributed by atoms with Crippen molar-refractivity contribution in [1.29, 1.82) is 0 Å². The molecule has 4 aromatic rings. The SMILES string of the molecule is COc1ccc(CC(=O)Nc2c(-c3cccs3)nc3cc(C)ccn23)cc1. The van der Waals surface area contributed by atoms with E-state index in [0.29, 0.717) is 5.82 Å². The number of fused-ring (bicyclic) bond motifs is 1. The van der Waals surface area contributed by atoms with Crippen LogP contribution < -0.4 is 10.1 Å². The van der Waals surface area contributed by atoms with Crippen LogP contribution in [0.3, 0.4) is 0 Å². The molecule has 3 aromatic heterocycles. The Morgan fingerprint density at radius 2 is 2.04 bits per heavy atom. The molecule has 0 saturated heterocycles. The molecule has 0 unspecified atom stereocenters. The van der Waals surface area contributed by atoms with Gasteiger partial charge in [-0.05, 0) is 53.8 Å². The van der Waals surface area contributed by atoms with Gasteiger partial charge in [-0.25, -0.2) is 4.98 Å². The number of hydrogen-bond acceptors (Lipinski definition) is 4. The van der Waals surface area contributed by atoms with Crippen LogP contribution in [0.25, 0.3) is 16.2 Å². The lowest BCUT2D eigenvalue weighted by Crippen LogP contribution is -2.16. The highest BCUT2D eigenvalue weighted by Crippen LogP contribution is 2.32. The number of nitrogens with zero attached hydrogens (tertiary/aromatic N) is 2. The number of ether oxygens (including phenoxy) is 1. The lowest BCUT2D eigenvalue weighted by Gasteiger charge is -2.08. The molecule has 0 fully saturated rings. The summed E-state index contributed by atoms with van der Waals surface area (Å²) >= 11 is 1.60. The molecule has 6 heteroatoms. The van der Waals surface area contributed by atoms with E-state index in [1.54, 1.807) is 18.4 Å². The van der Waals surface area contributed by atoms with Gasteiger partial charge in [0.05, 0.1) is 18.4 Å². The van der Waals surface area contributed by atoms with Crippen LogP contribution >= 0.6 is 11.3 Å². The first-order valence-corrected chi connectivity index (χ1v) is 9.47. The van der Waals surface area contributed by atoms with Gasteiger partial charge in [0.2, 0.25) is 5.91 Å². The number of nitrogens with one attached hydrogen (secondary N) is 1. The molecule has 0 atom stereocenters. The van der Waals surface area contributed by atoms with Crippen LogP contribution in [0, 0.1) is 6.92 Å². The minimum absolute atomic E-state index is 0.0830. The normalized spacial score (nSPS) is 10.9. The minimum atomic E-state index is -0.0830. The van der Waals surface area contributed by atoms with Crippen molar-refractivity contribution in [3.63, 3.8) is 0 Å². The molecule has 136 valence electrons. The van der Waals surface area contributed by atoms with Crippen molar-refractivity contribution in [2.75, 3.05) is 12.4 Å². The fraction of sp³-hybridized carbons (Fsp3) is 0.143. The van der Waals surface area contributed by atoms with E-state index >= 15 is 0 Å². The average Bonchev–Trinajstić information content (AvgIpc) is 3.30. The highest BCUT2D eigenvalue weighted by molar-refractivity contribution is 7.13. The predicted molar refractivity (Wildman–Crippen MR) is 109 cm³/mol. The Kier molecular flexibility index (Phi) is 4.64. The maximum atomic E-state index is 12.7. The highest BCUT2D eigenvalue weighted by Gasteiger charge is 2.17. The number of amides is 1. The smallest absolute Gasteiger partial charge is 0.229 e. The number of benzene rings is 1. The summed E-state index contributed by atoms with van der Waals surface area (Å²) in [6.45, 7) is 2.03. The van der Waals surface area contributed by atoms with Crippen molar-refractivity contribution < 1.29 is 9.53 Å². The van der Waals surface area contributed by atoms with Gasteiger partial charge >= 0.3 is 0 Å². The van der Waals surface area contributed by atoms with Gasteiger partial charge in [0.15, 0.2) is 0 Å². The molecule has 1 N–H and O–H groups in total. The molecule has 1 aromatic carbocycles. The summed E-state index contributed by atoms with van der Waals surface area (Å²) in [6.07, 6.45) is 2.23. The van der Waals surface area contributed by atoms with E-state index in [0.717, 1.165) is 33.1 Å². The van der Waals surface area contributed by atoms with Crippen LogP contribution in [0.2, 0.25) is 0 Å². The van der Waals surface area contributed by atoms with Crippen LogP contribution in [0.1, 0.15) is 11.1 Å². The predicted octanol–water partition coefficient (Wildman–Crippen LogP) is 4.56. The van der Waals surface area contributed by atoms with Crippen LogP contribution in [0.4, 0.5) is 5.82 Å². The molecule has 0 radical (unpaired) electrons. The molecular weight excluding hydrogens is 358 g/mol. The Labute approximate surface area is 161 Å². The summed E-state index contributed by atoms with van der Waals surface area (Å²) in [5.41, 5.74) is 3.66. The Bertz CT molecular complexity index is 1080. The second-order valence-corrected chi connectivity index (χ2v) is 7.24. The Hall–Kier alpha value is -3.12. The van der Waals surface area contributed by atoms with Gasteiger partial charge in [-0.3, -0.25) is 9.20 Å². The first-order valence-electron chi connectivity index (χ1n) is 8.59. The van der Waals surface area contributed by atoms with E-state index in [4.69, 9.17) is 9.72 Å². The molecule has 0 saturated carbocycles. The lowest BCUT2D eigenvalue weighted by atomic mass is 10.1. The first-order chi connectivity index (χ1) is 13.1. The fourth-order valence-corrected chi connectivity index (χ4v) is 3.67.